The predicted octanol–water partition coefficient (Wildman–Crippen LogP) is 4.42. The molecule has 0 saturated heterocycles. The van der Waals surface area contributed by atoms with Crippen molar-refractivity contribution in [3.05, 3.63) is 53.3 Å². The van der Waals surface area contributed by atoms with Crippen molar-refractivity contribution in [3.8, 4) is 11.1 Å². The number of hydrogen-bond donors (Lipinski definition) is 0. The van der Waals surface area contributed by atoms with Crippen LogP contribution in [-0.2, 0) is 6.18 Å². The molecular formula is C12H7ClF3N. The monoisotopic (exact) mass is 257 g/mol. The summed E-state index contributed by atoms with van der Waals surface area (Å²) in [6.45, 7) is 0. The van der Waals surface area contributed by atoms with Crippen LogP contribution in [0.5, 0.6) is 0 Å². The van der Waals surface area contributed by atoms with E-state index in [-0.39, 0.29) is 5.02 Å². The molecule has 88 valence electrons. The van der Waals surface area contributed by atoms with E-state index in [0.717, 1.165) is 11.6 Å². The average Bonchev–Trinajstić information content (AvgIpc) is 2.28. The van der Waals surface area contributed by atoms with E-state index in [2.05, 4.69) is 4.98 Å². The molecule has 1 heterocycles. The number of aromatic nitrogens is 1. The van der Waals surface area contributed by atoms with Gasteiger partial charge in [0.05, 0.1) is 10.6 Å². The van der Waals surface area contributed by atoms with E-state index in [0.29, 0.717) is 5.56 Å². The molecule has 0 spiro atoms. The highest BCUT2D eigenvalue weighted by Crippen LogP contribution is 2.36. The van der Waals surface area contributed by atoms with Crippen molar-refractivity contribution in [3.63, 3.8) is 0 Å². The number of rotatable bonds is 1. The molecule has 0 atom stereocenters. The third-order valence-corrected chi connectivity index (χ3v) is 2.58. The molecule has 2 aromatic rings. The Labute approximate surface area is 101 Å². The van der Waals surface area contributed by atoms with Crippen molar-refractivity contribution in [1.82, 2.24) is 4.98 Å². The first-order valence-corrected chi connectivity index (χ1v) is 5.13. The Bertz CT molecular complexity index is 523. The molecule has 1 aromatic carbocycles. The van der Waals surface area contributed by atoms with Gasteiger partial charge in [-0.25, -0.2) is 0 Å². The fourth-order valence-electron chi connectivity index (χ4n) is 1.46. The van der Waals surface area contributed by atoms with Crippen LogP contribution in [0.4, 0.5) is 13.2 Å². The molecule has 0 aliphatic heterocycles. The molecule has 1 nitrogen and oxygen atoms in total. The molecule has 1 aromatic heterocycles. The van der Waals surface area contributed by atoms with Crippen LogP contribution in [-0.4, -0.2) is 4.98 Å². The van der Waals surface area contributed by atoms with Gasteiger partial charge >= 0.3 is 6.18 Å². The zero-order valence-electron chi connectivity index (χ0n) is 8.50. The van der Waals surface area contributed by atoms with Crippen LogP contribution in [0.25, 0.3) is 11.1 Å². The second kappa shape index (κ2) is 4.37. The minimum Gasteiger partial charge on any atom is -0.264 e. The van der Waals surface area contributed by atoms with Gasteiger partial charge in [-0.15, -0.1) is 0 Å². The SMILES string of the molecule is FC(F)(F)c1ccc(-c2cccnc2)cc1Cl. The Morgan fingerprint density at radius 3 is 2.35 bits per heavy atom. The maximum absolute atomic E-state index is 12.5. The number of halogens is 4. The van der Waals surface area contributed by atoms with E-state index in [1.807, 2.05) is 0 Å². The van der Waals surface area contributed by atoms with Crippen molar-refractivity contribution < 1.29 is 13.2 Å². The second-order valence-electron chi connectivity index (χ2n) is 3.43. The summed E-state index contributed by atoms with van der Waals surface area (Å²) in [5.41, 5.74) is 0.506. The third-order valence-electron chi connectivity index (χ3n) is 2.27. The molecule has 2 rings (SSSR count). The summed E-state index contributed by atoms with van der Waals surface area (Å²) in [4.78, 5) is 3.90. The van der Waals surface area contributed by atoms with Gasteiger partial charge in [-0.05, 0) is 23.8 Å². The lowest BCUT2D eigenvalue weighted by Gasteiger charge is -2.10. The van der Waals surface area contributed by atoms with Crippen LogP contribution in [0.2, 0.25) is 5.02 Å². The lowest BCUT2D eigenvalue weighted by Crippen LogP contribution is -2.05. The third kappa shape index (κ3) is 2.58. The fourth-order valence-corrected chi connectivity index (χ4v) is 1.75. The molecule has 0 bridgehead atoms. The first-order valence-electron chi connectivity index (χ1n) is 4.75. The van der Waals surface area contributed by atoms with Gasteiger partial charge in [-0.2, -0.15) is 13.2 Å². The van der Waals surface area contributed by atoms with Crippen LogP contribution in [0.1, 0.15) is 5.56 Å². The average molecular weight is 258 g/mol. The smallest absolute Gasteiger partial charge is 0.264 e. The summed E-state index contributed by atoms with van der Waals surface area (Å²) in [5.74, 6) is 0. The van der Waals surface area contributed by atoms with Crippen molar-refractivity contribution in [2.45, 2.75) is 6.18 Å². The normalized spacial score (nSPS) is 11.5. The summed E-state index contributed by atoms with van der Waals surface area (Å²) in [7, 11) is 0. The molecule has 0 unspecified atom stereocenters. The van der Waals surface area contributed by atoms with Crippen molar-refractivity contribution >= 4 is 11.6 Å². The second-order valence-corrected chi connectivity index (χ2v) is 3.84. The highest BCUT2D eigenvalue weighted by atomic mass is 35.5. The van der Waals surface area contributed by atoms with Gasteiger partial charge in [0, 0.05) is 18.0 Å². The van der Waals surface area contributed by atoms with Gasteiger partial charge in [0.2, 0.25) is 0 Å². The van der Waals surface area contributed by atoms with Crippen LogP contribution < -0.4 is 0 Å². The molecule has 0 N–H and O–H groups in total. The molecule has 0 radical (unpaired) electrons. The molecule has 5 heteroatoms. The van der Waals surface area contributed by atoms with Crippen molar-refractivity contribution in [2.75, 3.05) is 0 Å². The Morgan fingerprint density at radius 1 is 1.06 bits per heavy atom. The Balaban J connectivity index is 2.45. The topological polar surface area (TPSA) is 12.9 Å². The van der Waals surface area contributed by atoms with E-state index in [1.54, 1.807) is 24.5 Å². The zero-order chi connectivity index (χ0) is 12.5. The van der Waals surface area contributed by atoms with Gasteiger partial charge in [-0.3, -0.25) is 4.98 Å². The summed E-state index contributed by atoms with van der Waals surface area (Å²) < 4.78 is 37.5. The number of nitrogens with zero attached hydrogens (tertiary/aromatic N) is 1. The van der Waals surface area contributed by atoms with Gasteiger partial charge in [-0.1, -0.05) is 23.7 Å². The predicted molar refractivity (Wildman–Crippen MR) is 59.7 cm³/mol. The van der Waals surface area contributed by atoms with E-state index < -0.39 is 11.7 Å². The Morgan fingerprint density at radius 2 is 1.82 bits per heavy atom. The van der Waals surface area contributed by atoms with Gasteiger partial charge < -0.3 is 0 Å². The Hall–Kier alpha value is -1.55. The fraction of sp³-hybridized carbons (Fsp3) is 0.0833. The number of benzene rings is 1. The van der Waals surface area contributed by atoms with E-state index in [9.17, 15) is 13.2 Å². The molecule has 0 saturated carbocycles. The first-order chi connectivity index (χ1) is 7.98. The van der Waals surface area contributed by atoms with E-state index in [1.165, 1.54) is 12.1 Å². The summed E-state index contributed by atoms with van der Waals surface area (Å²) in [5, 5.41) is -0.307. The summed E-state index contributed by atoms with van der Waals surface area (Å²) in [6, 6.07) is 7.12. The van der Waals surface area contributed by atoms with E-state index in [4.69, 9.17) is 11.6 Å². The standard InChI is InChI=1S/C12H7ClF3N/c13-11-6-8(9-2-1-5-17-7-9)3-4-10(11)12(14,15)16/h1-7H. The zero-order valence-corrected chi connectivity index (χ0v) is 9.26. The van der Waals surface area contributed by atoms with Crippen LogP contribution in [0, 0.1) is 0 Å². The molecule has 17 heavy (non-hydrogen) atoms. The highest BCUT2D eigenvalue weighted by Gasteiger charge is 2.33. The molecule has 0 aliphatic rings. The molecular weight excluding hydrogens is 251 g/mol. The highest BCUT2D eigenvalue weighted by molar-refractivity contribution is 6.31. The quantitative estimate of drug-likeness (QED) is 0.737. The number of alkyl halides is 3. The van der Waals surface area contributed by atoms with Crippen LogP contribution >= 0.6 is 11.6 Å². The first kappa shape index (κ1) is 11.9. The van der Waals surface area contributed by atoms with Gasteiger partial charge in [0.1, 0.15) is 0 Å². The summed E-state index contributed by atoms with van der Waals surface area (Å²) in [6.07, 6.45) is -1.27. The van der Waals surface area contributed by atoms with Crippen molar-refractivity contribution in [2.24, 2.45) is 0 Å². The van der Waals surface area contributed by atoms with Crippen molar-refractivity contribution in [1.29, 1.82) is 0 Å². The largest absolute Gasteiger partial charge is 0.417 e. The summed E-state index contributed by atoms with van der Waals surface area (Å²) >= 11 is 5.62. The Kier molecular flexibility index (Phi) is 3.07. The molecule has 0 aliphatic carbocycles. The van der Waals surface area contributed by atoms with Crippen LogP contribution in [0.3, 0.4) is 0 Å². The maximum Gasteiger partial charge on any atom is 0.417 e. The number of pyridine rings is 1. The lowest BCUT2D eigenvalue weighted by atomic mass is 10.1. The van der Waals surface area contributed by atoms with Gasteiger partial charge in [0.25, 0.3) is 0 Å². The molecule has 0 fully saturated rings. The van der Waals surface area contributed by atoms with E-state index >= 15 is 0 Å². The minimum atomic E-state index is -4.43. The number of hydrogen-bond acceptors (Lipinski definition) is 1. The van der Waals surface area contributed by atoms with Gasteiger partial charge in [0.15, 0.2) is 0 Å². The van der Waals surface area contributed by atoms with Crippen LogP contribution in [0.15, 0.2) is 42.7 Å². The minimum absolute atomic E-state index is 0.307. The maximum atomic E-state index is 12.5. The molecule has 0 amide bonds. The lowest BCUT2D eigenvalue weighted by molar-refractivity contribution is -0.137.